The summed E-state index contributed by atoms with van der Waals surface area (Å²) in [4.78, 5) is 16.2. The molecule has 0 unspecified atom stereocenters. The first-order valence-electron chi connectivity index (χ1n) is 8.03. The molecule has 0 atom stereocenters. The Morgan fingerprint density at radius 3 is 2.50 bits per heavy atom. The molecule has 0 radical (unpaired) electrons. The van der Waals surface area contributed by atoms with Crippen molar-refractivity contribution in [3.8, 4) is 0 Å². The number of benzene rings is 1. The zero-order chi connectivity index (χ0) is 15.2. The van der Waals surface area contributed by atoms with Crippen LogP contribution in [0.1, 0.15) is 54.4 Å². The molecule has 1 aromatic heterocycles. The lowest BCUT2D eigenvalue weighted by Crippen LogP contribution is -2.34. The number of rotatable bonds is 4. The molecule has 0 bridgehead atoms. The third-order valence-corrected chi connectivity index (χ3v) is 4.22. The van der Waals surface area contributed by atoms with E-state index in [1.54, 1.807) is 11.0 Å². The fraction of sp³-hybridized carbons (Fsp3) is 0.471. The maximum absolute atomic E-state index is 12.3. The molecule has 0 spiro atoms. The fourth-order valence-corrected chi connectivity index (χ4v) is 2.96. The maximum atomic E-state index is 12.3. The first-order valence-corrected chi connectivity index (χ1v) is 8.03. The Morgan fingerprint density at radius 1 is 1.14 bits per heavy atom. The zero-order valence-electron chi connectivity index (χ0n) is 12.7. The number of hydrogen-bond acceptors (Lipinski definition) is 3. The minimum atomic E-state index is 0.0409. The normalized spacial score (nSPS) is 16.2. The number of aromatic nitrogens is 3. The highest BCUT2D eigenvalue weighted by molar-refractivity contribution is 5.94. The van der Waals surface area contributed by atoms with Gasteiger partial charge in [-0.15, -0.1) is 0 Å². The predicted octanol–water partition coefficient (Wildman–Crippen LogP) is 2.78. The van der Waals surface area contributed by atoms with Crippen molar-refractivity contribution in [2.75, 3.05) is 0 Å². The molecule has 116 valence electrons. The van der Waals surface area contributed by atoms with E-state index in [-0.39, 0.29) is 5.91 Å². The van der Waals surface area contributed by atoms with E-state index in [2.05, 4.69) is 15.4 Å². The second kappa shape index (κ2) is 7.20. The fourth-order valence-electron chi connectivity index (χ4n) is 2.96. The van der Waals surface area contributed by atoms with Gasteiger partial charge in [-0.25, -0.2) is 9.67 Å². The number of nitrogens with one attached hydrogen (secondary N) is 1. The molecular weight excluding hydrogens is 276 g/mol. The monoisotopic (exact) mass is 298 g/mol. The van der Waals surface area contributed by atoms with E-state index in [4.69, 9.17) is 0 Å². The van der Waals surface area contributed by atoms with Gasteiger partial charge >= 0.3 is 0 Å². The Balaban J connectivity index is 1.58. The van der Waals surface area contributed by atoms with Crippen molar-refractivity contribution in [2.45, 2.75) is 51.1 Å². The van der Waals surface area contributed by atoms with E-state index >= 15 is 0 Å². The van der Waals surface area contributed by atoms with Crippen LogP contribution in [-0.2, 0) is 6.54 Å². The largest absolute Gasteiger partial charge is 0.349 e. The number of nitrogens with zero attached hydrogens (tertiary/aromatic N) is 3. The summed E-state index contributed by atoms with van der Waals surface area (Å²) in [5, 5.41) is 7.26. The minimum Gasteiger partial charge on any atom is -0.349 e. The highest BCUT2D eigenvalue weighted by Gasteiger charge is 2.15. The Bertz CT molecular complexity index is 584. The average Bonchev–Trinajstić information content (AvgIpc) is 2.91. The first kappa shape index (κ1) is 14.8. The van der Waals surface area contributed by atoms with Gasteiger partial charge in [0.05, 0.1) is 6.54 Å². The van der Waals surface area contributed by atoms with Crippen molar-refractivity contribution in [3.63, 3.8) is 0 Å². The molecule has 1 heterocycles. The van der Waals surface area contributed by atoms with Crippen LogP contribution < -0.4 is 5.32 Å². The molecule has 3 rings (SSSR count). The Hall–Kier alpha value is -2.17. The van der Waals surface area contributed by atoms with Crippen molar-refractivity contribution < 1.29 is 4.79 Å². The van der Waals surface area contributed by atoms with Crippen LogP contribution in [0, 0.1) is 0 Å². The van der Waals surface area contributed by atoms with E-state index in [9.17, 15) is 4.79 Å². The molecule has 5 heteroatoms. The van der Waals surface area contributed by atoms with Crippen LogP contribution in [0.2, 0.25) is 0 Å². The van der Waals surface area contributed by atoms with Gasteiger partial charge in [0.15, 0.2) is 0 Å². The van der Waals surface area contributed by atoms with Gasteiger partial charge in [-0.1, -0.05) is 37.8 Å². The Kier molecular flexibility index (Phi) is 4.83. The van der Waals surface area contributed by atoms with Crippen molar-refractivity contribution in [3.05, 3.63) is 48.0 Å². The number of hydrogen-bond donors (Lipinski definition) is 1. The van der Waals surface area contributed by atoms with Crippen LogP contribution >= 0.6 is 0 Å². The molecule has 1 N–H and O–H groups in total. The van der Waals surface area contributed by atoms with Crippen LogP contribution in [0.4, 0.5) is 0 Å². The topological polar surface area (TPSA) is 59.8 Å². The van der Waals surface area contributed by atoms with Gasteiger partial charge in [0, 0.05) is 11.6 Å². The molecule has 0 aliphatic heterocycles. The lowest BCUT2D eigenvalue weighted by molar-refractivity contribution is 0.0933. The summed E-state index contributed by atoms with van der Waals surface area (Å²) in [6.45, 7) is 0.671. The van der Waals surface area contributed by atoms with Gasteiger partial charge in [0.1, 0.15) is 12.7 Å². The zero-order valence-corrected chi connectivity index (χ0v) is 12.7. The lowest BCUT2D eigenvalue weighted by Gasteiger charge is -2.16. The summed E-state index contributed by atoms with van der Waals surface area (Å²) in [6.07, 6.45) is 10.5. The summed E-state index contributed by atoms with van der Waals surface area (Å²) in [7, 11) is 0. The summed E-state index contributed by atoms with van der Waals surface area (Å²) in [5.41, 5.74) is 1.84. The number of carbonyl (C=O) groups excluding carboxylic acids is 1. The van der Waals surface area contributed by atoms with Crippen molar-refractivity contribution in [1.29, 1.82) is 0 Å². The Morgan fingerprint density at radius 2 is 1.86 bits per heavy atom. The van der Waals surface area contributed by atoms with Crippen LogP contribution in [0.5, 0.6) is 0 Å². The molecule has 1 amide bonds. The molecule has 5 nitrogen and oxygen atoms in total. The summed E-state index contributed by atoms with van der Waals surface area (Å²) in [6, 6.07) is 8.06. The van der Waals surface area contributed by atoms with Gasteiger partial charge in [0.25, 0.3) is 5.91 Å². The second-order valence-corrected chi connectivity index (χ2v) is 5.95. The molecule has 2 aromatic rings. The molecule has 1 aliphatic carbocycles. The third-order valence-electron chi connectivity index (χ3n) is 4.22. The van der Waals surface area contributed by atoms with Crippen LogP contribution in [0.15, 0.2) is 36.9 Å². The van der Waals surface area contributed by atoms with E-state index < -0.39 is 0 Å². The quantitative estimate of drug-likeness (QED) is 0.883. The third kappa shape index (κ3) is 3.93. The van der Waals surface area contributed by atoms with Crippen molar-refractivity contribution >= 4 is 5.91 Å². The van der Waals surface area contributed by atoms with Gasteiger partial charge in [0.2, 0.25) is 0 Å². The molecule has 0 saturated heterocycles. The second-order valence-electron chi connectivity index (χ2n) is 5.95. The predicted molar refractivity (Wildman–Crippen MR) is 84.5 cm³/mol. The molecule has 22 heavy (non-hydrogen) atoms. The Labute approximate surface area is 130 Å². The molecular formula is C17H22N4O. The van der Waals surface area contributed by atoms with E-state index in [1.165, 1.54) is 32.0 Å². The van der Waals surface area contributed by atoms with Gasteiger partial charge in [-0.2, -0.15) is 5.10 Å². The van der Waals surface area contributed by atoms with Crippen LogP contribution in [-0.4, -0.2) is 26.7 Å². The van der Waals surface area contributed by atoms with Crippen LogP contribution in [0.3, 0.4) is 0 Å². The summed E-state index contributed by atoms with van der Waals surface area (Å²) >= 11 is 0. The maximum Gasteiger partial charge on any atom is 0.251 e. The molecule has 1 aromatic carbocycles. The molecule has 1 saturated carbocycles. The minimum absolute atomic E-state index is 0.0409. The van der Waals surface area contributed by atoms with Gasteiger partial charge in [-0.3, -0.25) is 4.79 Å². The van der Waals surface area contributed by atoms with Gasteiger partial charge in [-0.05, 0) is 30.5 Å². The van der Waals surface area contributed by atoms with Crippen LogP contribution in [0.25, 0.3) is 0 Å². The standard InChI is InChI=1S/C17H22N4O/c22-17(20-16-5-3-1-2-4-6-16)15-9-7-14(8-10-15)11-21-13-18-12-19-21/h7-10,12-13,16H,1-6,11H2,(H,20,22). The van der Waals surface area contributed by atoms with Crippen molar-refractivity contribution in [2.24, 2.45) is 0 Å². The summed E-state index contributed by atoms with van der Waals surface area (Å²) < 4.78 is 1.76. The number of amides is 1. The smallest absolute Gasteiger partial charge is 0.251 e. The highest BCUT2D eigenvalue weighted by Crippen LogP contribution is 2.17. The summed E-state index contributed by atoms with van der Waals surface area (Å²) in [5.74, 6) is 0.0409. The highest BCUT2D eigenvalue weighted by atomic mass is 16.1. The molecule has 1 aliphatic rings. The molecule has 1 fully saturated rings. The van der Waals surface area contributed by atoms with E-state index in [0.717, 1.165) is 24.0 Å². The average molecular weight is 298 g/mol. The lowest BCUT2D eigenvalue weighted by atomic mass is 10.1. The van der Waals surface area contributed by atoms with Crippen molar-refractivity contribution in [1.82, 2.24) is 20.1 Å². The first-order chi connectivity index (χ1) is 10.8. The SMILES string of the molecule is O=C(NC1CCCCCC1)c1ccc(Cn2cncn2)cc1. The number of carbonyl (C=O) groups is 1. The van der Waals surface area contributed by atoms with E-state index in [0.29, 0.717) is 12.6 Å². The van der Waals surface area contributed by atoms with Gasteiger partial charge < -0.3 is 5.32 Å². The van der Waals surface area contributed by atoms with E-state index in [1.807, 2.05) is 24.3 Å².